The van der Waals surface area contributed by atoms with Crippen LogP contribution < -0.4 is 4.90 Å². The van der Waals surface area contributed by atoms with E-state index in [-0.39, 0.29) is 18.2 Å². The van der Waals surface area contributed by atoms with Gasteiger partial charge in [-0.25, -0.2) is 18.4 Å². The summed E-state index contributed by atoms with van der Waals surface area (Å²) in [7, 11) is -3.45. The zero-order chi connectivity index (χ0) is 26.6. The molecule has 2 aliphatic carbocycles. The van der Waals surface area contributed by atoms with Gasteiger partial charge in [-0.1, -0.05) is 11.6 Å². The van der Waals surface area contributed by atoms with Crippen LogP contribution in [0.4, 0.5) is 5.69 Å². The number of nitrogens with zero attached hydrogens (tertiary/aromatic N) is 4. The largest absolute Gasteiger partial charge is 0.391 e. The fourth-order valence-corrected chi connectivity index (χ4v) is 10.0. The third-order valence-electron chi connectivity index (χ3n) is 9.23. The second-order valence-electron chi connectivity index (χ2n) is 12.5. The van der Waals surface area contributed by atoms with Gasteiger partial charge in [0.15, 0.2) is 0 Å². The van der Waals surface area contributed by atoms with Gasteiger partial charge in [-0.05, 0) is 88.5 Å². The van der Waals surface area contributed by atoms with Gasteiger partial charge in [0.2, 0.25) is 10.0 Å². The number of thiophene rings is 1. The summed E-state index contributed by atoms with van der Waals surface area (Å²) in [5.74, 6) is 1.06. The fourth-order valence-electron chi connectivity index (χ4n) is 7.00. The molecule has 0 bridgehead atoms. The predicted octanol–water partition coefficient (Wildman–Crippen LogP) is 5.55. The third kappa shape index (κ3) is 3.61. The number of anilines is 1. The number of rotatable bonds is 4. The topological polar surface area (TPSA) is 86.6 Å². The van der Waals surface area contributed by atoms with Crippen LogP contribution in [0.2, 0.25) is 5.02 Å². The van der Waals surface area contributed by atoms with Crippen LogP contribution in [0.1, 0.15) is 69.2 Å². The summed E-state index contributed by atoms with van der Waals surface area (Å²) in [5.41, 5.74) is 4.78. The smallest absolute Gasteiger partial charge is 0.219 e. The van der Waals surface area contributed by atoms with E-state index in [1.807, 2.05) is 37.2 Å². The monoisotopic (exact) mass is 572 g/mol. The summed E-state index contributed by atoms with van der Waals surface area (Å²) in [6.45, 7) is 6.86. The number of aliphatic hydroxyl groups is 1. The van der Waals surface area contributed by atoms with Gasteiger partial charge >= 0.3 is 0 Å². The molecule has 0 amide bonds. The van der Waals surface area contributed by atoms with Crippen molar-refractivity contribution < 1.29 is 13.5 Å². The molecule has 0 unspecified atom stereocenters. The van der Waals surface area contributed by atoms with Crippen LogP contribution in [0.3, 0.4) is 0 Å². The van der Waals surface area contributed by atoms with Crippen molar-refractivity contribution in [2.75, 3.05) is 18.0 Å². The molecule has 4 heterocycles. The molecule has 3 atom stereocenters. The second-order valence-corrected chi connectivity index (χ2v) is 16.7. The minimum absolute atomic E-state index is 0.0355. The van der Waals surface area contributed by atoms with Gasteiger partial charge in [-0.3, -0.25) is 0 Å². The van der Waals surface area contributed by atoms with Gasteiger partial charge in [0, 0.05) is 40.1 Å². The molecule has 38 heavy (non-hydrogen) atoms. The minimum Gasteiger partial charge on any atom is -0.391 e. The van der Waals surface area contributed by atoms with Crippen molar-refractivity contribution in [3.63, 3.8) is 0 Å². The van der Waals surface area contributed by atoms with Crippen LogP contribution >= 0.6 is 22.9 Å². The molecule has 2 aliphatic heterocycles. The molecule has 3 fully saturated rings. The number of aliphatic hydroxyl groups excluding tert-OH is 1. The number of fused-ring (bicyclic) bond motifs is 4. The Morgan fingerprint density at radius 2 is 1.97 bits per heavy atom. The first kappa shape index (κ1) is 25.2. The zero-order valence-corrected chi connectivity index (χ0v) is 24.3. The van der Waals surface area contributed by atoms with E-state index in [9.17, 15) is 13.5 Å². The highest BCUT2D eigenvalue weighted by atomic mass is 35.5. The Hall–Kier alpha value is -1.78. The molecule has 1 spiro atoms. The van der Waals surface area contributed by atoms with E-state index < -0.39 is 14.8 Å². The van der Waals surface area contributed by atoms with Crippen molar-refractivity contribution >= 4 is 48.9 Å². The standard InChI is InChI=1S/C28H33ClN4O3S2/c1-27(2,3)38(35,36)33-13-18(11-28(33)5-4-6-28)32-12-16-7-20(16)21-8-17(29)9-22(25(21)32)24-26-23(30-15-31-24)10-19(14-34)37-26/h8-10,15-16,18,20,34H,4-7,11-14H2,1-3H3/t16-,18+,20-/m0/s1. The number of benzene rings is 1. The molecule has 4 aliphatic rings. The van der Waals surface area contributed by atoms with E-state index in [1.54, 1.807) is 6.33 Å². The fraction of sp³-hybridized carbons (Fsp3) is 0.571. The Bertz CT molecular complexity index is 1560. The van der Waals surface area contributed by atoms with Crippen LogP contribution in [-0.2, 0) is 16.6 Å². The molecular formula is C28H33ClN4O3S2. The molecule has 10 heteroatoms. The average molecular weight is 573 g/mol. The summed E-state index contributed by atoms with van der Waals surface area (Å²) in [6.07, 6.45) is 6.53. The van der Waals surface area contributed by atoms with Gasteiger partial charge in [0.25, 0.3) is 0 Å². The maximum Gasteiger partial charge on any atom is 0.219 e. The van der Waals surface area contributed by atoms with Crippen LogP contribution in [0.25, 0.3) is 21.5 Å². The summed E-state index contributed by atoms with van der Waals surface area (Å²) in [4.78, 5) is 12.5. The summed E-state index contributed by atoms with van der Waals surface area (Å²) < 4.78 is 29.5. The Balaban J connectivity index is 1.37. The van der Waals surface area contributed by atoms with Gasteiger partial charge in [0.1, 0.15) is 6.33 Å². The van der Waals surface area contributed by atoms with E-state index in [1.165, 1.54) is 16.9 Å². The van der Waals surface area contributed by atoms with Gasteiger partial charge in [-0.15, -0.1) is 11.3 Å². The maximum absolute atomic E-state index is 13.8. The SMILES string of the molecule is CC(C)(C)S(=O)(=O)N1C[C@H](N2C[C@@H]3C[C@@H]3c3cc(Cl)cc(-c4ncnc5cc(CO)sc45)c32)CC12CCC2. The number of hydrogen-bond acceptors (Lipinski definition) is 7. The number of aromatic nitrogens is 2. The van der Waals surface area contributed by atoms with E-state index in [2.05, 4.69) is 16.0 Å². The molecule has 7 rings (SSSR count). The van der Waals surface area contributed by atoms with Crippen molar-refractivity contribution in [3.05, 3.63) is 40.0 Å². The Labute approximate surface area is 232 Å². The molecule has 2 saturated carbocycles. The van der Waals surface area contributed by atoms with Crippen molar-refractivity contribution in [1.82, 2.24) is 14.3 Å². The highest BCUT2D eigenvalue weighted by Gasteiger charge is 2.59. The van der Waals surface area contributed by atoms with Gasteiger partial charge in [0.05, 0.1) is 33.0 Å². The first-order valence-corrected chi connectivity index (χ1v) is 16.1. The molecule has 3 aromatic rings. The van der Waals surface area contributed by atoms with Crippen LogP contribution in [0.15, 0.2) is 24.5 Å². The molecule has 1 N–H and O–H groups in total. The molecular weight excluding hydrogens is 540 g/mol. The normalized spacial score (nSPS) is 26.4. The predicted molar refractivity (Wildman–Crippen MR) is 152 cm³/mol. The first-order chi connectivity index (χ1) is 18.0. The molecule has 2 aromatic heterocycles. The van der Waals surface area contributed by atoms with Crippen LogP contribution in [-0.4, -0.2) is 57.2 Å². The average Bonchev–Trinajstić information content (AvgIpc) is 3.31. The minimum atomic E-state index is -3.45. The second kappa shape index (κ2) is 8.36. The Morgan fingerprint density at radius 1 is 1.18 bits per heavy atom. The number of sulfonamides is 1. The lowest BCUT2D eigenvalue weighted by Gasteiger charge is -2.46. The number of halogens is 1. The summed E-state index contributed by atoms with van der Waals surface area (Å²) >= 11 is 8.25. The maximum atomic E-state index is 13.8. The van der Waals surface area contributed by atoms with E-state index >= 15 is 0 Å². The van der Waals surface area contributed by atoms with Crippen molar-refractivity contribution in [1.29, 1.82) is 0 Å². The lowest BCUT2D eigenvalue weighted by atomic mass is 9.75. The van der Waals surface area contributed by atoms with E-state index in [0.717, 1.165) is 70.7 Å². The number of hydrogen-bond donors (Lipinski definition) is 1. The van der Waals surface area contributed by atoms with Crippen molar-refractivity contribution in [2.24, 2.45) is 5.92 Å². The highest BCUT2D eigenvalue weighted by molar-refractivity contribution is 7.90. The molecule has 202 valence electrons. The van der Waals surface area contributed by atoms with Gasteiger partial charge in [-0.2, -0.15) is 4.31 Å². The molecule has 1 saturated heterocycles. The zero-order valence-electron chi connectivity index (χ0n) is 21.9. The Kier molecular flexibility index (Phi) is 5.55. The van der Waals surface area contributed by atoms with Crippen molar-refractivity contribution in [3.8, 4) is 11.3 Å². The lowest BCUT2D eigenvalue weighted by Crippen LogP contribution is -2.56. The quantitative estimate of drug-likeness (QED) is 0.441. The third-order valence-corrected chi connectivity index (χ3v) is 13.2. The van der Waals surface area contributed by atoms with Gasteiger partial charge < -0.3 is 10.0 Å². The summed E-state index contributed by atoms with van der Waals surface area (Å²) in [6, 6.07) is 6.14. The van der Waals surface area contributed by atoms with E-state index in [4.69, 9.17) is 16.6 Å². The van der Waals surface area contributed by atoms with Crippen molar-refractivity contribution in [2.45, 2.75) is 81.7 Å². The first-order valence-electron chi connectivity index (χ1n) is 13.5. The summed E-state index contributed by atoms with van der Waals surface area (Å²) in [5, 5.41) is 10.5. The van der Waals surface area contributed by atoms with Crippen LogP contribution in [0.5, 0.6) is 0 Å². The van der Waals surface area contributed by atoms with E-state index in [0.29, 0.717) is 23.4 Å². The lowest BCUT2D eigenvalue weighted by molar-refractivity contribution is 0.125. The highest BCUT2D eigenvalue weighted by Crippen LogP contribution is 2.60. The van der Waals surface area contributed by atoms with Crippen LogP contribution in [0, 0.1) is 5.92 Å². The molecule has 7 nitrogen and oxygen atoms in total. The molecule has 0 radical (unpaired) electrons. The molecule has 1 aromatic carbocycles. The Morgan fingerprint density at radius 3 is 2.66 bits per heavy atom.